The molecule has 1 heterocycles. The molecule has 0 aromatic heterocycles. The van der Waals surface area contributed by atoms with Crippen molar-refractivity contribution in [3.8, 4) is 11.5 Å². The predicted molar refractivity (Wildman–Crippen MR) is 110 cm³/mol. The summed E-state index contributed by atoms with van der Waals surface area (Å²) in [5.41, 5.74) is 0.169. The van der Waals surface area contributed by atoms with Gasteiger partial charge in [-0.25, -0.2) is 0 Å². The fourth-order valence-corrected chi connectivity index (χ4v) is 3.27. The zero-order valence-electron chi connectivity index (χ0n) is 26.7. The van der Waals surface area contributed by atoms with Crippen molar-refractivity contribution in [2.75, 3.05) is 27.2 Å². The van der Waals surface area contributed by atoms with Crippen LogP contribution in [0.5, 0.6) is 11.5 Å². The highest BCUT2D eigenvalue weighted by molar-refractivity contribution is 6.02. The molecular weight excluding hydrogens is 350 g/mol. The number of likely N-dealkylation sites (tertiary alicyclic amines) is 1. The summed E-state index contributed by atoms with van der Waals surface area (Å²) < 4.78 is 107. The second-order valence-electron chi connectivity index (χ2n) is 6.54. The van der Waals surface area contributed by atoms with Crippen LogP contribution >= 0.6 is 0 Å². The Morgan fingerprint density at radius 3 is 2.46 bits per heavy atom. The van der Waals surface area contributed by atoms with Crippen LogP contribution in [0.3, 0.4) is 0 Å². The van der Waals surface area contributed by atoms with E-state index < -0.39 is 62.7 Å². The van der Waals surface area contributed by atoms with Crippen molar-refractivity contribution in [1.29, 1.82) is 0 Å². The average Bonchev–Trinajstić information content (AvgIpc) is 3.05. The number of carbonyl (C=O) groups excluding carboxylic acids is 1. The Labute approximate surface area is 182 Å². The number of hydrogen-bond acceptors (Lipinski definition) is 4. The van der Waals surface area contributed by atoms with Crippen LogP contribution in [0, 0.1) is 11.8 Å². The van der Waals surface area contributed by atoms with E-state index >= 15 is 0 Å². The molecule has 4 rings (SSSR count). The van der Waals surface area contributed by atoms with Crippen LogP contribution in [0.1, 0.15) is 55.7 Å². The molecule has 1 saturated heterocycles. The smallest absolute Gasteiger partial charge is 0.166 e. The van der Waals surface area contributed by atoms with Crippen LogP contribution in [0.2, 0.25) is 0 Å². The first-order chi connectivity index (χ1) is 17.8. The third-order valence-corrected chi connectivity index (χ3v) is 4.71. The summed E-state index contributed by atoms with van der Waals surface area (Å²) in [7, 11) is 2.65. The lowest BCUT2D eigenvalue weighted by Gasteiger charge is -2.32. The Bertz CT molecular complexity index is 1260. The molecule has 0 N–H and O–H groups in total. The molecule has 1 unspecified atom stereocenters. The molecule has 0 bridgehead atoms. The molecule has 28 heavy (non-hydrogen) atoms. The lowest BCUT2D eigenvalue weighted by molar-refractivity contribution is 0.0895. The number of ketones is 1. The van der Waals surface area contributed by atoms with Gasteiger partial charge in [-0.3, -0.25) is 9.69 Å². The van der Waals surface area contributed by atoms with Crippen LogP contribution in [-0.4, -0.2) is 37.9 Å². The van der Waals surface area contributed by atoms with E-state index in [0.29, 0.717) is 10.5 Å². The highest BCUT2D eigenvalue weighted by Gasteiger charge is 2.34. The number of benzene rings is 2. The summed E-state index contributed by atoms with van der Waals surface area (Å²) in [5, 5.41) is 0. The second-order valence-corrected chi connectivity index (χ2v) is 6.54. The van der Waals surface area contributed by atoms with Crippen LogP contribution in [0.15, 0.2) is 42.5 Å². The van der Waals surface area contributed by atoms with Crippen molar-refractivity contribution in [3.63, 3.8) is 0 Å². The van der Waals surface area contributed by atoms with Gasteiger partial charge in [-0.15, -0.1) is 0 Å². The van der Waals surface area contributed by atoms with E-state index in [-0.39, 0.29) is 22.6 Å². The Kier molecular flexibility index (Phi) is 2.96. The molecule has 2 aliphatic rings. The van der Waals surface area contributed by atoms with Gasteiger partial charge in [0.2, 0.25) is 0 Å². The minimum absolute atomic E-state index is 0.111. The van der Waals surface area contributed by atoms with Crippen molar-refractivity contribution in [2.45, 2.75) is 32.1 Å². The Balaban J connectivity index is 1.82. The number of Topliss-reactive ketones (excluding diaryl/α,β-unsaturated/α-hetero) is 1. The summed E-state index contributed by atoms with van der Waals surface area (Å²) >= 11 is 0. The van der Waals surface area contributed by atoms with E-state index in [1.807, 2.05) is 0 Å². The van der Waals surface area contributed by atoms with Crippen molar-refractivity contribution in [3.05, 3.63) is 59.2 Å². The molecule has 2 aromatic rings. The molecule has 0 saturated carbocycles. The third-order valence-electron chi connectivity index (χ3n) is 4.71. The lowest BCUT2D eigenvalue weighted by Crippen LogP contribution is -2.34. The number of methoxy groups -OCH3 is 2. The maximum Gasteiger partial charge on any atom is 0.166 e. The molecular formula is C24H29NO3. The van der Waals surface area contributed by atoms with Gasteiger partial charge in [-0.1, -0.05) is 30.3 Å². The molecule has 1 fully saturated rings. The Morgan fingerprint density at radius 2 is 1.79 bits per heavy atom. The first-order valence-corrected chi connectivity index (χ1v) is 8.95. The zero-order valence-corrected chi connectivity index (χ0v) is 15.7. The van der Waals surface area contributed by atoms with E-state index in [2.05, 4.69) is 0 Å². The molecule has 2 aromatic carbocycles. The largest absolute Gasteiger partial charge is 0.493 e. The molecule has 0 amide bonds. The maximum absolute atomic E-state index is 13.5. The molecule has 1 atom stereocenters. The monoisotopic (exact) mass is 390 g/mol. The quantitative estimate of drug-likeness (QED) is 0.735. The summed E-state index contributed by atoms with van der Waals surface area (Å²) in [4.78, 5) is 13.9. The minimum atomic E-state index is -3.40. The van der Waals surface area contributed by atoms with Crippen molar-refractivity contribution in [1.82, 2.24) is 4.90 Å². The van der Waals surface area contributed by atoms with Gasteiger partial charge in [0, 0.05) is 33.1 Å². The number of rotatable bonds is 6. The summed E-state index contributed by atoms with van der Waals surface area (Å²) in [6, 6.07) is 10.6. The second kappa shape index (κ2) is 8.36. The van der Waals surface area contributed by atoms with Crippen LogP contribution in [0.4, 0.5) is 0 Å². The molecule has 0 spiro atoms. The van der Waals surface area contributed by atoms with Gasteiger partial charge in [0.05, 0.1) is 14.2 Å². The summed E-state index contributed by atoms with van der Waals surface area (Å²) in [6.45, 7) is -6.95. The maximum atomic E-state index is 13.5. The highest BCUT2D eigenvalue weighted by Crippen LogP contribution is 2.39. The van der Waals surface area contributed by atoms with Gasteiger partial charge in [0.1, 0.15) is 0 Å². The fourth-order valence-electron chi connectivity index (χ4n) is 3.27. The van der Waals surface area contributed by atoms with Crippen molar-refractivity contribution in [2.24, 2.45) is 11.8 Å². The van der Waals surface area contributed by atoms with E-state index in [4.69, 9.17) is 24.6 Å². The molecule has 148 valence electrons. The molecule has 4 heteroatoms. The van der Waals surface area contributed by atoms with Gasteiger partial charge >= 0.3 is 0 Å². The first-order valence-electron chi connectivity index (χ1n) is 14.5. The predicted octanol–water partition coefficient (Wildman–Crippen LogP) is 4.36. The summed E-state index contributed by atoms with van der Waals surface area (Å²) in [6.07, 6.45) is -10.4. The van der Waals surface area contributed by atoms with Gasteiger partial charge in [-0.2, -0.15) is 0 Å². The highest BCUT2D eigenvalue weighted by atomic mass is 16.5. The van der Waals surface area contributed by atoms with E-state index in [0.717, 1.165) is 0 Å². The van der Waals surface area contributed by atoms with E-state index in [1.54, 1.807) is 30.3 Å². The molecule has 1 aliphatic heterocycles. The molecule has 1 aliphatic carbocycles. The molecule has 0 radical (unpaired) electrons. The zero-order chi connectivity index (χ0) is 29.4. The van der Waals surface area contributed by atoms with Gasteiger partial charge < -0.3 is 9.47 Å². The Hall–Kier alpha value is -2.33. The lowest BCUT2D eigenvalue weighted by atomic mass is 9.85. The number of fused-ring (bicyclic) bond motifs is 1. The standard InChI is InChI=1S/C24H29NO3/c1-27-22-14-19-13-20(24(26)21(19)15-23(22)28-2)12-17-8-10-25(11-9-17)16-18-6-4-3-5-7-18/h3-7,14-15,17,20H,8-13,16H2,1-2H3/i8D2,9D2,10D2,11D2,13D2,17D. The van der Waals surface area contributed by atoms with Crippen molar-refractivity contribution >= 4 is 5.78 Å². The van der Waals surface area contributed by atoms with E-state index in [9.17, 15) is 4.79 Å². The number of nitrogens with zero attached hydrogens (tertiary/aromatic N) is 1. The number of hydrogen-bond donors (Lipinski definition) is 0. The van der Waals surface area contributed by atoms with Crippen LogP contribution < -0.4 is 9.47 Å². The average molecular weight is 391 g/mol. The van der Waals surface area contributed by atoms with Crippen LogP contribution in [-0.2, 0) is 12.9 Å². The van der Waals surface area contributed by atoms with Gasteiger partial charge in [-0.05, 0) is 67.7 Å². The first kappa shape index (κ1) is 9.93. The summed E-state index contributed by atoms with van der Waals surface area (Å²) in [5.74, 6) is -5.62. The minimum Gasteiger partial charge on any atom is -0.493 e. The Morgan fingerprint density at radius 1 is 1.11 bits per heavy atom. The third kappa shape index (κ3) is 3.93. The fraction of sp³-hybridized carbons (Fsp3) is 0.458. The topological polar surface area (TPSA) is 38.8 Å². The number of carbonyl (C=O) groups is 1. The van der Waals surface area contributed by atoms with E-state index in [1.165, 1.54) is 26.4 Å². The van der Waals surface area contributed by atoms with Crippen molar-refractivity contribution < 1.29 is 29.3 Å². The van der Waals surface area contributed by atoms with Gasteiger partial charge in [0.25, 0.3) is 0 Å². The number of ether oxygens (including phenoxy) is 2. The normalized spacial score (nSPS) is 36.1. The molecule has 4 nitrogen and oxygen atoms in total. The number of piperidine rings is 1. The van der Waals surface area contributed by atoms with Crippen LogP contribution in [0.25, 0.3) is 0 Å². The SMILES string of the molecule is [2H]C1([2H])c2cc(OC)c(OC)cc2C(=O)C1CC1([2H])C([2H])([2H])C([2H])([2H])N(Cc2ccccc2)C([2H])([2H])C1([2H])[2H]. The van der Waals surface area contributed by atoms with Gasteiger partial charge in [0.15, 0.2) is 17.3 Å².